The van der Waals surface area contributed by atoms with Gasteiger partial charge in [0.2, 0.25) is 5.91 Å². The Morgan fingerprint density at radius 3 is 2.22 bits per heavy atom. The number of carbonyl (C=O) groups is 1. The Bertz CT molecular complexity index is 369. The summed E-state index contributed by atoms with van der Waals surface area (Å²) >= 11 is 0. The molecule has 0 fully saturated rings. The molecule has 0 unspecified atom stereocenters. The number of nitrogens with zero attached hydrogens (tertiary/aromatic N) is 2. The Hall–Kier alpha value is -0.870. The van der Waals surface area contributed by atoms with Crippen LogP contribution in [-0.2, 0) is 4.79 Å². The number of amides is 1. The minimum atomic E-state index is -0.162. The van der Waals surface area contributed by atoms with Crippen molar-refractivity contribution in [3.8, 4) is 0 Å². The topological polar surface area (TPSA) is 43.8 Å². The van der Waals surface area contributed by atoms with Crippen molar-refractivity contribution in [2.24, 2.45) is 0 Å². The first kappa shape index (κ1) is 26.1. The van der Waals surface area contributed by atoms with Gasteiger partial charge in [-0.15, -0.1) is 0 Å². The van der Waals surface area contributed by atoms with E-state index in [4.69, 9.17) is 0 Å². The fraction of sp³-hybridized carbons (Fsp3) is 0.870. The van der Waals surface area contributed by atoms with Crippen LogP contribution in [0.25, 0.3) is 0 Å². The molecule has 0 aromatic heterocycles. The maximum atomic E-state index is 12.2. The van der Waals surface area contributed by atoms with E-state index < -0.39 is 0 Å². The minimum absolute atomic E-state index is 0.162. The van der Waals surface area contributed by atoms with Crippen LogP contribution < -0.4 is 0 Å². The fourth-order valence-electron chi connectivity index (χ4n) is 3.25. The summed E-state index contributed by atoms with van der Waals surface area (Å²) in [4.78, 5) is 12.2. The summed E-state index contributed by atoms with van der Waals surface area (Å²) in [5.41, 5.74) is 0. The van der Waals surface area contributed by atoms with Gasteiger partial charge in [-0.3, -0.25) is 9.80 Å². The van der Waals surface area contributed by atoms with Gasteiger partial charge in [0.15, 0.2) is 0 Å². The van der Waals surface area contributed by atoms with Crippen molar-refractivity contribution in [2.45, 2.75) is 110 Å². The Balaban J connectivity index is 3.54. The van der Waals surface area contributed by atoms with Crippen molar-refractivity contribution in [2.75, 3.05) is 20.6 Å². The van der Waals surface area contributed by atoms with Crippen molar-refractivity contribution in [1.29, 1.82) is 0 Å². The summed E-state index contributed by atoms with van der Waals surface area (Å²) in [5.74, 6) is 0.248. The van der Waals surface area contributed by atoms with Gasteiger partial charge in [-0.1, -0.05) is 70.9 Å². The summed E-state index contributed by atoms with van der Waals surface area (Å²) in [6.45, 7) is 5.13. The first-order valence-electron chi connectivity index (χ1n) is 11.3. The van der Waals surface area contributed by atoms with E-state index in [2.05, 4.69) is 26.0 Å². The maximum Gasteiger partial charge on any atom is 0.236 e. The Morgan fingerprint density at radius 2 is 1.56 bits per heavy atom. The smallest absolute Gasteiger partial charge is 0.236 e. The third kappa shape index (κ3) is 15.8. The van der Waals surface area contributed by atoms with E-state index in [9.17, 15) is 9.90 Å². The molecule has 0 saturated heterocycles. The highest BCUT2D eigenvalue weighted by Gasteiger charge is 2.13. The molecule has 0 spiro atoms. The van der Waals surface area contributed by atoms with Gasteiger partial charge in [0.25, 0.3) is 0 Å². The molecule has 0 heterocycles. The number of hydrogen-bond acceptors (Lipinski definition) is 3. The molecule has 0 saturated carbocycles. The highest BCUT2D eigenvalue weighted by atomic mass is 16.3. The third-order valence-corrected chi connectivity index (χ3v) is 4.93. The van der Waals surface area contributed by atoms with Crippen LogP contribution in [-0.4, -0.2) is 47.8 Å². The molecule has 0 bridgehead atoms. The number of aliphatic hydroxyl groups excluding tert-OH is 1. The predicted molar refractivity (Wildman–Crippen MR) is 117 cm³/mol. The van der Waals surface area contributed by atoms with Gasteiger partial charge < -0.3 is 5.11 Å². The van der Waals surface area contributed by atoms with Gasteiger partial charge in [-0.25, -0.2) is 5.01 Å². The normalized spacial score (nSPS) is 12.8. The molecule has 1 N–H and O–H groups in total. The lowest BCUT2D eigenvalue weighted by Crippen LogP contribution is -2.42. The van der Waals surface area contributed by atoms with E-state index in [1.807, 2.05) is 24.1 Å². The minimum Gasteiger partial charge on any atom is -0.393 e. The molecule has 4 heteroatoms. The molecule has 0 aliphatic carbocycles. The van der Waals surface area contributed by atoms with Crippen LogP contribution in [0.15, 0.2) is 12.2 Å². The highest BCUT2D eigenvalue weighted by molar-refractivity contribution is 5.75. The average molecular weight is 383 g/mol. The summed E-state index contributed by atoms with van der Waals surface area (Å²) in [7, 11) is 3.87. The second-order valence-corrected chi connectivity index (χ2v) is 7.88. The number of hydrazine groups is 1. The number of carbonyl (C=O) groups excluding carboxylic acids is 1. The lowest BCUT2D eigenvalue weighted by molar-refractivity contribution is -0.144. The lowest BCUT2D eigenvalue weighted by atomic mass is 10.1. The van der Waals surface area contributed by atoms with Crippen LogP contribution in [0.5, 0.6) is 0 Å². The van der Waals surface area contributed by atoms with E-state index in [1.54, 1.807) is 0 Å². The van der Waals surface area contributed by atoms with Gasteiger partial charge in [-0.2, -0.15) is 0 Å². The van der Waals surface area contributed by atoms with E-state index in [-0.39, 0.29) is 12.0 Å². The molecule has 0 rings (SSSR count). The summed E-state index contributed by atoms with van der Waals surface area (Å²) < 4.78 is 0. The van der Waals surface area contributed by atoms with Crippen LogP contribution in [0.3, 0.4) is 0 Å². The van der Waals surface area contributed by atoms with Crippen LogP contribution in [0.1, 0.15) is 104 Å². The van der Waals surface area contributed by atoms with Crippen molar-refractivity contribution >= 4 is 5.91 Å². The Morgan fingerprint density at radius 1 is 0.889 bits per heavy atom. The molecule has 0 aromatic rings. The number of allylic oxidation sites excluding steroid dienone is 1. The average Bonchev–Trinajstić information content (AvgIpc) is 2.64. The largest absolute Gasteiger partial charge is 0.393 e. The van der Waals surface area contributed by atoms with Gasteiger partial charge in [0.05, 0.1) is 6.10 Å². The van der Waals surface area contributed by atoms with Gasteiger partial charge in [0, 0.05) is 27.1 Å². The monoisotopic (exact) mass is 382 g/mol. The number of hydrogen-bond donors (Lipinski definition) is 1. The fourth-order valence-corrected chi connectivity index (χ4v) is 3.25. The zero-order valence-corrected chi connectivity index (χ0v) is 18.6. The Kier molecular flexibility index (Phi) is 17.9. The number of unbranched alkanes of at least 4 members (excludes halogenated alkanes) is 8. The molecular formula is C23H46N2O2. The van der Waals surface area contributed by atoms with Gasteiger partial charge in [-0.05, 0) is 38.5 Å². The molecular weight excluding hydrogens is 336 g/mol. The standard InChI is InChI=1S/C23H46N2O2/c1-5-7-8-15-18-22(26)19-16-13-11-9-10-12-14-17-20-23(27)25(21-6-2)24(3)4/h13,16,22,26H,5-12,14-15,17-21H2,1-4H3/b16-13-/t22-/m1/s1. The van der Waals surface area contributed by atoms with Gasteiger partial charge >= 0.3 is 0 Å². The summed E-state index contributed by atoms with van der Waals surface area (Å²) in [6, 6.07) is 0. The van der Waals surface area contributed by atoms with E-state index >= 15 is 0 Å². The number of rotatable bonds is 18. The lowest BCUT2D eigenvalue weighted by Gasteiger charge is -2.28. The van der Waals surface area contributed by atoms with Crippen molar-refractivity contribution in [1.82, 2.24) is 10.0 Å². The summed E-state index contributed by atoms with van der Waals surface area (Å²) in [6.07, 6.45) is 19.4. The first-order valence-corrected chi connectivity index (χ1v) is 11.3. The molecule has 160 valence electrons. The molecule has 1 atom stereocenters. The zero-order chi connectivity index (χ0) is 20.3. The molecule has 4 nitrogen and oxygen atoms in total. The van der Waals surface area contributed by atoms with E-state index in [0.29, 0.717) is 6.42 Å². The van der Waals surface area contributed by atoms with Crippen LogP contribution >= 0.6 is 0 Å². The SMILES string of the molecule is CCCCCC[C@@H](O)C/C=C\CCCCCCCC(=O)N(CCC)N(C)C. The highest BCUT2D eigenvalue weighted by Crippen LogP contribution is 2.11. The second kappa shape index (κ2) is 18.5. The van der Waals surface area contributed by atoms with Crippen molar-refractivity contribution in [3.05, 3.63) is 12.2 Å². The van der Waals surface area contributed by atoms with Crippen LogP contribution in [0.2, 0.25) is 0 Å². The molecule has 1 amide bonds. The Labute approximate surface area is 169 Å². The van der Waals surface area contributed by atoms with Crippen molar-refractivity contribution < 1.29 is 9.90 Å². The zero-order valence-electron chi connectivity index (χ0n) is 18.6. The summed E-state index contributed by atoms with van der Waals surface area (Å²) in [5, 5.41) is 13.7. The maximum absolute atomic E-state index is 12.2. The molecule has 0 aromatic carbocycles. The van der Waals surface area contributed by atoms with E-state index in [1.165, 1.54) is 38.5 Å². The molecule has 0 aliphatic rings. The molecule has 0 aliphatic heterocycles. The van der Waals surface area contributed by atoms with E-state index in [0.717, 1.165) is 51.5 Å². The number of aliphatic hydroxyl groups is 1. The molecule has 0 radical (unpaired) electrons. The van der Waals surface area contributed by atoms with Crippen molar-refractivity contribution in [3.63, 3.8) is 0 Å². The quantitative estimate of drug-likeness (QED) is 0.188. The van der Waals surface area contributed by atoms with Gasteiger partial charge in [0.1, 0.15) is 0 Å². The van der Waals surface area contributed by atoms with Crippen LogP contribution in [0, 0.1) is 0 Å². The van der Waals surface area contributed by atoms with Crippen LogP contribution in [0.4, 0.5) is 0 Å². The first-order chi connectivity index (χ1) is 13.0. The second-order valence-electron chi connectivity index (χ2n) is 7.88. The third-order valence-electron chi connectivity index (χ3n) is 4.93. The predicted octanol–water partition coefficient (Wildman–Crippen LogP) is 5.71. The molecule has 27 heavy (non-hydrogen) atoms.